The zero-order valence-corrected chi connectivity index (χ0v) is 25.2. The molecule has 6 amide bonds. The van der Waals surface area contributed by atoms with Crippen LogP contribution in [0.15, 0.2) is 4.99 Å². The Morgan fingerprint density at radius 3 is 1.85 bits per heavy atom. The van der Waals surface area contributed by atoms with E-state index in [-0.39, 0.29) is 24.7 Å². The largest absolute Gasteiger partial charge is 0.394 e. The van der Waals surface area contributed by atoms with Crippen LogP contribution in [0.25, 0.3) is 0 Å². The average Bonchev–Trinajstić information content (AvgIpc) is 2.89. The summed E-state index contributed by atoms with van der Waals surface area (Å²) in [5, 5.41) is 24.6. The van der Waals surface area contributed by atoms with Crippen LogP contribution in [-0.4, -0.2) is 109 Å². The van der Waals surface area contributed by atoms with Gasteiger partial charge in [-0.15, -0.1) is 0 Å². The Kier molecular flexibility index (Phi) is 17.8. The number of rotatable bonds is 18. The molecule has 0 unspecified atom stereocenters. The normalized spacial score (nSPS) is 14.3. The number of guanidine groups is 1. The molecule has 0 aromatic carbocycles. The third-order valence-corrected chi connectivity index (χ3v) is 6.33. The lowest BCUT2D eigenvalue weighted by molar-refractivity contribution is -0.136. The first-order chi connectivity index (χ1) is 19.2. The summed E-state index contributed by atoms with van der Waals surface area (Å²) in [4.78, 5) is 79.0. The van der Waals surface area contributed by atoms with Crippen molar-refractivity contribution in [2.24, 2.45) is 22.4 Å². The maximum atomic E-state index is 13.3. The van der Waals surface area contributed by atoms with E-state index in [2.05, 4.69) is 36.9 Å². The molecule has 17 heteroatoms. The van der Waals surface area contributed by atoms with E-state index in [1.54, 1.807) is 20.1 Å². The molecule has 0 aliphatic rings. The van der Waals surface area contributed by atoms with Gasteiger partial charge >= 0.3 is 0 Å². The highest BCUT2D eigenvalue weighted by molar-refractivity contribution is 7.98. The topological polar surface area (TPSA) is 259 Å². The number of nitrogens with two attached hydrogens (primary N) is 2. The van der Waals surface area contributed by atoms with Crippen LogP contribution in [0.1, 0.15) is 40.5 Å². The Labute approximate surface area is 244 Å². The molecule has 0 radical (unpaired) electrons. The minimum absolute atomic E-state index is 0.103. The van der Waals surface area contributed by atoms with Gasteiger partial charge in [0.25, 0.3) is 0 Å². The highest BCUT2D eigenvalue weighted by Crippen LogP contribution is 2.07. The summed E-state index contributed by atoms with van der Waals surface area (Å²) in [6.07, 6.45) is 2.16. The number of carbonyl (C=O) groups excluding carboxylic acids is 6. The number of aliphatic hydroxyl groups is 1. The molecule has 41 heavy (non-hydrogen) atoms. The Morgan fingerprint density at radius 2 is 1.37 bits per heavy atom. The van der Waals surface area contributed by atoms with Crippen LogP contribution in [0.4, 0.5) is 0 Å². The van der Waals surface area contributed by atoms with E-state index in [9.17, 15) is 33.9 Å². The number of aliphatic hydroxyl groups excluding tert-OH is 1. The van der Waals surface area contributed by atoms with Crippen molar-refractivity contribution < 1.29 is 33.9 Å². The summed E-state index contributed by atoms with van der Waals surface area (Å²) in [6, 6.07) is -5.49. The zero-order valence-electron chi connectivity index (χ0n) is 24.4. The van der Waals surface area contributed by atoms with Gasteiger partial charge in [0.1, 0.15) is 30.2 Å². The summed E-state index contributed by atoms with van der Waals surface area (Å²) < 4.78 is 0. The van der Waals surface area contributed by atoms with Crippen LogP contribution in [0.5, 0.6) is 0 Å². The fourth-order valence-corrected chi connectivity index (χ4v) is 4.05. The molecule has 0 aliphatic carbocycles. The van der Waals surface area contributed by atoms with Crippen molar-refractivity contribution in [3.8, 4) is 0 Å². The molecular weight excluding hydrogens is 558 g/mol. The zero-order chi connectivity index (χ0) is 31.7. The van der Waals surface area contributed by atoms with Crippen molar-refractivity contribution in [1.82, 2.24) is 31.9 Å². The molecule has 0 aromatic rings. The lowest BCUT2D eigenvalue weighted by Gasteiger charge is -2.28. The minimum atomic E-state index is -1.40. The van der Waals surface area contributed by atoms with E-state index in [0.717, 1.165) is 0 Å². The second-order valence-corrected chi connectivity index (χ2v) is 10.4. The molecule has 0 saturated carbocycles. The number of hydrogen-bond acceptors (Lipinski definition) is 9. The molecule has 0 spiro atoms. The summed E-state index contributed by atoms with van der Waals surface area (Å²) in [6.45, 7) is 5.43. The van der Waals surface area contributed by atoms with Crippen molar-refractivity contribution in [1.29, 1.82) is 0 Å². The second-order valence-electron chi connectivity index (χ2n) is 9.54. The smallest absolute Gasteiger partial charge is 0.245 e. The van der Waals surface area contributed by atoms with Crippen LogP contribution < -0.4 is 43.4 Å². The maximum absolute atomic E-state index is 13.3. The fourth-order valence-electron chi connectivity index (χ4n) is 3.48. The number of likely N-dealkylation sites (N-methyl/N-ethyl adjacent to an activating group) is 1. The number of carbonyl (C=O) groups is 6. The van der Waals surface area contributed by atoms with Crippen LogP contribution in [0, 0.1) is 5.92 Å². The summed E-state index contributed by atoms with van der Waals surface area (Å²) >= 11 is 1.33. The van der Waals surface area contributed by atoms with Crippen LogP contribution in [-0.2, 0) is 28.8 Å². The summed E-state index contributed by atoms with van der Waals surface area (Å²) in [5.74, 6) is -4.08. The molecule has 234 valence electrons. The third kappa shape index (κ3) is 14.6. The fraction of sp³-hybridized carbons (Fsp3) is 0.708. The van der Waals surface area contributed by atoms with Gasteiger partial charge in [-0.05, 0) is 31.9 Å². The standard InChI is InChI=1S/C24H45N9O7S/c1-12(2)18(23(40)32-16(10-34)21(38)29-13(3)19(36)27-5)33-20(37)15(8-7-9-28-24(25)26)31-22(39)17(11-41-6)30-14(4)35/h12-13,15-18,34H,7-11H2,1-6H3,(H,27,36)(H,29,38)(H,30,35)(H,31,39)(H,32,40)(H,33,37)(H4,25,26,28)/t13-,15-,16-,17-,18-/m0/s1. The van der Waals surface area contributed by atoms with E-state index >= 15 is 0 Å². The molecule has 0 aliphatic heterocycles. The highest BCUT2D eigenvalue weighted by Gasteiger charge is 2.32. The van der Waals surface area contributed by atoms with Gasteiger partial charge < -0.3 is 48.5 Å². The molecule has 11 N–H and O–H groups in total. The first kappa shape index (κ1) is 37.4. The van der Waals surface area contributed by atoms with Crippen molar-refractivity contribution in [3.05, 3.63) is 0 Å². The summed E-state index contributed by atoms with van der Waals surface area (Å²) in [5.41, 5.74) is 10.7. The van der Waals surface area contributed by atoms with Gasteiger partial charge in [-0.3, -0.25) is 33.8 Å². The molecule has 0 rings (SSSR count). The molecule has 0 heterocycles. The molecule has 5 atom stereocenters. The van der Waals surface area contributed by atoms with Gasteiger partial charge in [0, 0.05) is 26.3 Å². The highest BCUT2D eigenvalue weighted by atomic mass is 32.2. The molecule has 16 nitrogen and oxygen atoms in total. The van der Waals surface area contributed by atoms with Crippen molar-refractivity contribution in [2.45, 2.75) is 70.7 Å². The molecule has 0 fully saturated rings. The lowest BCUT2D eigenvalue weighted by Crippen LogP contribution is -2.60. The van der Waals surface area contributed by atoms with Crippen molar-refractivity contribution in [2.75, 3.05) is 32.2 Å². The Balaban J connectivity index is 5.74. The molecule has 0 aromatic heterocycles. The van der Waals surface area contributed by atoms with Crippen molar-refractivity contribution in [3.63, 3.8) is 0 Å². The predicted molar refractivity (Wildman–Crippen MR) is 155 cm³/mol. The Bertz CT molecular complexity index is 944. The van der Waals surface area contributed by atoms with E-state index < -0.39 is 78.2 Å². The number of amides is 6. The minimum Gasteiger partial charge on any atom is -0.394 e. The predicted octanol–water partition coefficient (Wildman–Crippen LogP) is -3.74. The van der Waals surface area contributed by atoms with Crippen molar-refractivity contribution >= 4 is 53.2 Å². The van der Waals surface area contributed by atoms with E-state index in [0.29, 0.717) is 6.42 Å². The van der Waals surface area contributed by atoms with Gasteiger partial charge in [0.15, 0.2) is 5.96 Å². The second kappa shape index (κ2) is 19.5. The van der Waals surface area contributed by atoms with Crippen LogP contribution >= 0.6 is 11.8 Å². The first-order valence-corrected chi connectivity index (χ1v) is 14.4. The maximum Gasteiger partial charge on any atom is 0.245 e. The Hall–Kier alpha value is -3.60. The molecule has 0 saturated heterocycles. The van der Waals surface area contributed by atoms with Gasteiger partial charge in [0.2, 0.25) is 35.4 Å². The summed E-state index contributed by atoms with van der Waals surface area (Å²) in [7, 11) is 1.39. The van der Waals surface area contributed by atoms with Gasteiger partial charge in [-0.1, -0.05) is 13.8 Å². The molecule has 0 bridgehead atoms. The molecular formula is C24H45N9O7S. The number of thioether (sulfide) groups is 1. The Morgan fingerprint density at radius 1 is 0.805 bits per heavy atom. The van der Waals surface area contributed by atoms with Crippen LogP contribution in [0.2, 0.25) is 0 Å². The first-order valence-electron chi connectivity index (χ1n) is 13.0. The average molecular weight is 604 g/mol. The number of hydrogen-bond donors (Lipinski definition) is 9. The van der Waals surface area contributed by atoms with E-state index in [1.807, 2.05) is 0 Å². The number of aliphatic imine (C=N–C) groups is 1. The van der Waals surface area contributed by atoms with Crippen LogP contribution in [0.3, 0.4) is 0 Å². The quantitative estimate of drug-likeness (QED) is 0.0420. The van der Waals surface area contributed by atoms with Gasteiger partial charge in [0.05, 0.1) is 6.61 Å². The third-order valence-electron chi connectivity index (χ3n) is 5.67. The van der Waals surface area contributed by atoms with E-state index in [4.69, 9.17) is 11.5 Å². The van der Waals surface area contributed by atoms with E-state index in [1.165, 1.54) is 32.7 Å². The lowest BCUT2D eigenvalue weighted by atomic mass is 10.0. The number of nitrogens with one attached hydrogen (secondary N) is 6. The number of nitrogens with zero attached hydrogens (tertiary/aromatic N) is 1. The van der Waals surface area contributed by atoms with Gasteiger partial charge in [-0.25, -0.2) is 0 Å². The SMILES string of the molecule is CNC(=O)[C@H](C)NC(=O)[C@H](CO)NC(=O)[C@@H](NC(=O)[C@H](CCCN=C(N)N)NC(=O)[C@H](CSC)NC(C)=O)C(C)C. The monoisotopic (exact) mass is 603 g/mol. The van der Waals surface area contributed by atoms with Gasteiger partial charge in [-0.2, -0.15) is 11.8 Å².